The van der Waals surface area contributed by atoms with Crippen LogP contribution >= 0.6 is 0 Å². The number of aromatic nitrogens is 1. The second-order valence-corrected chi connectivity index (χ2v) is 5.12. The van der Waals surface area contributed by atoms with Crippen molar-refractivity contribution >= 4 is 5.91 Å². The Morgan fingerprint density at radius 2 is 2.10 bits per heavy atom. The first-order chi connectivity index (χ1) is 10.1. The number of likely N-dealkylation sites (tertiary alicyclic amines) is 1. The Balaban J connectivity index is 1.93. The number of nitrogens with zero attached hydrogens (tertiary/aromatic N) is 2. The van der Waals surface area contributed by atoms with Crippen LogP contribution in [-0.2, 0) is 0 Å². The van der Waals surface area contributed by atoms with Gasteiger partial charge >= 0.3 is 0 Å². The third-order valence-corrected chi connectivity index (χ3v) is 3.66. The largest absolute Gasteiger partial charge is 0.359 e. The van der Waals surface area contributed by atoms with E-state index in [1.54, 1.807) is 13.0 Å². The quantitative estimate of drug-likeness (QED) is 0.853. The van der Waals surface area contributed by atoms with Crippen LogP contribution in [0.2, 0.25) is 0 Å². The van der Waals surface area contributed by atoms with E-state index in [4.69, 9.17) is 4.52 Å². The molecule has 3 rings (SSSR count). The molecule has 0 spiro atoms. The zero-order valence-electron chi connectivity index (χ0n) is 11.5. The van der Waals surface area contributed by atoms with Gasteiger partial charge in [-0.05, 0) is 31.9 Å². The lowest BCUT2D eigenvalue weighted by Gasteiger charge is -2.23. The molecule has 21 heavy (non-hydrogen) atoms. The summed E-state index contributed by atoms with van der Waals surface area (Å²) in [5.74, 6) is -1.80. The predicted molar refractivity (Wildman–Crippen MR) is 70.6 cm³/mol. The van der Waals surface area contributed by atoms with Crippen molar-refractivity contribution in [3.63, 3.8) is 0 Å². The van der Waals surface area contributed by atoms with Crippen LogP contribution in [0.3, 0.4) is 0 Å². The molecule has 1 aromatic heterocycles. The Bertz CT molecular complexity index is 664. The third-order valence-electron chi connectivity index (χ3n) is 3.66. The highest BCUT2D eigenvalue weighted by Gasteiger charge is 2.35. The summed E-state index contributed by atoms with van der Waals surface area (Å²) in [6.07, 6.45) is 1.45. The SMILES string of the molecule is Cc1cc([C@H]2CCCN2C(=O)c2c(F)cccc2F)on1. The van der Waals surface area contributed by atoms with Gasteiger partial charge in [0.15, 0.2) is 5.76 Å². The van der Waals surface area contributed by atoms with Gasteiger partial charge in [0.1, 0.15) is 17.2 Å². The fourth-order valence-corrected chi connectivity index (χ4v) is 2.69. The van der Waals surface area contributed by atoms with Crippen LogP contribution < -0.4 is 0 Å². The van der Waals surface area contributed by atoms with Crippen LogP contribution in [0.1, 0.15) is 40.7 Å². The maximum absolute atomic E-state index is 13.8. The molecule has 2 heterocycles. The molecule has 0 saturated carbocycles. The van der Waals surface area contributed by atoms with Crippen molar-refractivity contribution in [2.75, 3.05) is 6.54 Å². The van der Waals surface area contributed by atoms with E-state index in [0.717, 1.165) is 18.6 Å². The summed E-state index contributed by atoms with van der Waals surface area (Å²) >= 11 is 0. The van der Waals surface area contributed by atoms with Crippen molar-refractivity contribution in [1.29, 1.82) is 0 Å². The zero-order chi connectivity index (χ0) is 15.0. The van der Waals surface area contributed by atoms with Crippen molar-refractivity contribution in [2.24, 2.45) is 0 Å². The minimum absolute atomic E-state index is 0.322. The molecule has 1 aliphatic heterocycles. The first-order valence-electron chi connectivity index (χ1n) is 6.76. The summed E-state index contributed by atoms with van der Waals surface area (Å²) in [5, 5.41) is 3.80. The van der Waals surface area contributed by atoms with Gasteiger partial charge in [-0.1, -0.05) is 11.2 Å². The van der Waals surface area contributed by atoms with Gasteiger partial charge in [0.05, 0.1) is 11.7 Å². The molecule has 1 aromatic carbocycles. The lowest BCUT2D eigenvalue weighted by molar-refractivity contribution is 0.0704. The lowest BCUT2D eigenvalue weighted by Crippen LogP contribution is -2.31. The molecule has 1 saturated heterocycles. The van der Waals surface area contributed by atoms with Crippen LogP contribution in [0.25, 0.3) is 0 Å². The zero-order valence-corrected chi connectivity index (χ0v) is 11.5. The molecule has 1 amide bonds. The Kier molecular flexibility index (Phi) is 3.45. The number of carbonyl (C=O) groups excluding carboxylic acids is 1. The third kappa shape index (κ3) is 2.41. The first kappa shape index (κ1) is 13.7. The molecule has 0 aliphatic carbocycles. The number of rotatable bonds is 2. The van der Waals surface area contributed by atoms with E-state index < -0.39 is 23.1 Å². The van der Waals surface area contributed by atoms with Gasteiger partial charge in [0.25, 0.3) is 5.91 Å². The summed E-state index contributed by atoms with van der Waals surface area (Å²) in [6.45, 7) is 2.22. The molecule has 1 atom stereocenters. The van der Waals surface area contributed by atoms with Gasteiger partial charge in [0.2, 0.25) is 0 Å². The predicted octanol–water partition coefficient (Wildman–Crippen LogP) is 3.24. The van der Waals surface area contributed by atoms with E-state index >= 15 is 0 Å². The van der Waals surface area contributed by atoms with Crippen molar-refractivity contribution in [1.82, 2.24) is 10.1 Å². The van der Waals surface area contributed by atoms with Gasteiger partial charge < -0.3 is 9.42 Å². The van der Waals surface area contributed by atoms with Crippen molar-refractivity contribution in [3.05, 3.63) is 52.9 Å². The molecule has 1 aliphatic rings. The Morgan fingerprint density at radius 1 is 1.38 bits per heavy atom. The first-order valence-corrected chi connectivity index (χ1v) is 6.76. The fraction of sp³-hybridized carbons (Fsp3) is 0.333. The van der Waals surface area contributed by atoms with Gasteiger partial charge in [-0.15, -0.1) is 0 Å². The van der Waals surface area contributed by atoms with Crippen LogP contribution in [-0.4, -0.2) is 22.5 Å². The molecule has 110 valence electrons. The van der Waals surface area contributed by atoms with E-state index in [0.29, 0.717) is 24.4 Å². The fourth-order valence-electron chi connectivity index (χ4n) is 2.69. The molecular formula is C15H14F2N2O2. The highest BCUT2D eigenvalue weighted by Crippen LogP contribution is 2.34. The number of carbonyl (C=O) groups is 1. The smallest absolute Gasteiger partial charge is 0.260 e. The maximum atomic E-state index is 13.8. The molecule has 2 aromatic rings. The normalized spacial score (nSPS) is 18.2. The van der Waals surface area contributed by atoms with Crippen LogP contribution in [0, 0.1) is 18.6 Å². The van der Waals surface area contributed by atoms with E-state index in [9.17, 15) is 13.6 Å². The van der Waals surface area contributed by atoms with Gasteiger partial charge in [-0.3, -0.25) is 4.79 Å². The molecule has 4 nitrogen and oxygen atoms in total. The second kappa shape index (κ2) is 5.27. The van der Waals surface area contributed by atoms with Gasteiger partial charge in [-0.2, -0.15) is 0 Å². The van der Waals surface area contributed by atoms with Gasteiger partial charge in [-0.25, -0.2) is 8.78 Å². The Morgan fingerprint density at radius 3 is 2.71 bits per heavy atom. The van der Waals surface area contributed by atoms with E-state index in [-0.39, 0.29) is 6.04 Å². The minimum atomic E-state index is -0.848. The average molecular weight is 292 g/mol. The molecule has 0 radical (unpaired) electrons. The molecule has 0 unspecified atom stereocenters. The number of hydrogen-bond acceptors (Lipinski definition) is 3. The highest BCUT2D eigenvalue weighted by atomic mass is 19.1. The van der Waals surface area contributed by atoms with Crippen LogP contribution in [0.5, 0.6) is 0 Å². The van der Waals surface area contributed by atoms with E-state index in [1.165, 1.54) is 11.0 Å². The summed E-state index contributed by atoms with van der Waals surface area (Å²) in [4.78, 5) is 13.9. The summed E-state index contributed by atoms with van der Waals surface area (Å²) < 4.78 is 32.7. The minimum Gasteiger partial charge on any atom is -0.359 e. The number of benzene rings is 1. The monoisotopic (exact) mass is 292 g/mol. The number of hydrogen-bond donors (Lipinski definition) is 0. The summed E-state index contributed by atoms with van der Waals surface area (Å²) in [6, 6.07) is 4.83. The van der Waals surface area contributed by atoms with Crippen molar-refractivity contribution in [2.45, 2.75) is 25.8 Å². The molecule has 0 bridgehead atoms. The highest BCUT2D eigenvalue weighted by molar-refractivity contribution is 5.95. The summed E-state index contributed by atoms with van der Waals surface area (Å²) in [5.41, 5.74) is 0.196. The van der Waals surface area contributed by atoms with Crippen molar-refractivity contribution in [3.8, 4) is 0 Å². The molecule has 6 heteroatoms. The summed E-state index contributed by atoms with van der Waals surface area (Å²) in [7, 11) is 0. The average Bonchev–Trinajstić information content (AvgIpc) is 3.06. The lowest BCUT2D eigenvalue weighted by atomic mass is 10.1. The van der Waals surface area contributed by atoms with Crippen molar-refractivity contribution < 1.29 is 18.1 Å². The van der Waals surface area contributed by atoms with E-state index in [1.807, 2.05) is 0 Å². The van der Waals surface area contributed by atoms with Crippen LogP contribution in [0.15, 0.2) is 28.8 Å². The molecule has 0 N–H and O–H groups in total. The maximum Gasteiger partial charge on any atom is 0.260 e. The number of halogens is 2. The molecule has 1 fully saturated rings. The van der Waals surface area contributed by atoms with Crippen LogP contribution in [0.4, 0.5) is 8.78 Å². The standard InChI is InChI=1S/C15H14F2N2O2/c1-9-8-13(21-18-9)12-6-3-7-19(12)15(20)14-10(16)4-2-5-11(14)17/h2,4-5,8,12H,3,6-7H2,1H3/t12-/m1/s1. The second-order valence-electron chi connectivity index (χ2n) is 5.12. The molecular weight excluding hydrogens is 278 g/mol. The topological polar surface area (TPSA) is 46.3 Å². The number of aryl methyl sites for hydroxylation is 1. The Hall–Kier alpha value is -2.24. The van der Waals surface area contributed by atoms with E-state index in [2.05, 4.69) is 5.16 Å². The number of amides is 1. The van der Waals surface area contributed by atoms with Gasteiger partial charge in [0, 0.05) is 12.6 Å². The Labute approximate surface area is 120 Å².